The molecule has 2 aromatic carbocycles. The number of rotatable bonds is 8. The predicted molar refractivity (Wildman–Crippen MR) is 88.3 cm³/mol. The Kier molecular flexibility index (Phi) is 6.29. The van der Waals surface area contributed by atoms with E-state index in [1.807, 2.05) is 30.3 Å². The second-order valence-electron chi connectivity index (χ2n) is 5.45. The average molecular weight is 283 g/mol. The van der Waals surface area contributed by atoms with Gasteiger partial charge < -0.3 is 10.5 Å². The Balaban J connectivity index is 1.84. The van der Waals surface area contributed by atoms with Crippen LogP contribution < -0.4 is 10.5 Å². The van der Waals surface area contributed by atoms with Crippen LogP contribution in [0.1, 0.15) is 49.8 Å². The van der Waals surface area contributed by atoms with Gasteiger partial charge in [-0.1, -0.05) is 68.7 Å². The van der Waals surface area contributed by atoms with E-state index in [-0.39, 0.29) is 6.04 Å². The van der Waals surface area contributed by atoms with Crippen molar-refractivity contribution in [3.8, 4) is 5.75 Å². The Bertz CT molecular complexity index is 507. The monoisotopic (exact) mass is 283 g/mol. The average Bonchev–Trinajstić information content (AvgIpc) is 2.54. The molecule has 0 radical (unpaired) electrons. The molecule has 2 nitrogen and oxygen atoms in total. The highest BCUT2D eigenvalue weighted by molar-refractivity contribution is 5.29. The van der Waals surface area contributed by atoms with Gasteiger partial charge in [-0.25, -0.2) is 0 Å². The molecule has 0 fully saturated rings. The topological polar surface area (TPSA) is 35.2 Å². The SMILES string of the molecule is CCCCC[C@H](N)c1ccc(OCc2ccccc2)cc1. The van der Waals surface area contributed by atoms with Crippen molar-refractivity contribution >= 4 is 0 Å². The van der Waals surface area contributed by atoms with Gasteiger partial charge in [0.15, 0.2) is 0 Å². The molecular weight excluding hydrogens is 258 g/mol. The molecule has 2 heteroatoms. The minimum atomic E-state index is 0.139. The van der Waals surface area contributed by atoms with Crippen LogP contribution in [0.15, 0.2) is 54.6 Å². The van der Waals surface area contributed by atoms with Gasteiger partial charge in [-0.3, -0.25) is 0 Å². The van der Waals surface area contributed by atoms with Gasteiger partial charge in [0.25, 0.3) is 0 Å². The molecule has 2 aromatic rings. The van der Waals surface area contributed by atoms with E-state index in [0.29, 0.717) is 6.61 Å². The molecule has 112 valence electrons. The van der Waals surface area contributed by atoms with Crippen molar-refractivity contribution in [2.24, 2.45) is 5.73 Å². The van der Waals surface area contributed by atoms with Crippen molar-refractivity contribution in [1.29, 1.82) is 0 Å². The highest BCUT2D eigenvalue weighted by atomic mass is 16.5. The molecule has 0 amide bonds. The van der Waals surface area contributed by atoms with E-state index < -0.39 is 0 Å². The predicted octanol–water partition coefficient (Wildman–Crippen LogP) is 4.85. The van der Waals surface area contributed by atoms with Crippen molar-refractivity contribution in [3.05, 3.63) is 65.7 Å². The Morgan fingerprint density at radius 3 is 2.33 bits per heavy atom. The summed E-state index contributed by atoms with van der Waals surface area (Å²) in [6.07, 6.45) is 4.74. The van der Waals surface area contributed by atoms with Crippen molar-refractivity contribution in [2.75, 3.05) is 0 Å². The molecule has 2 N–H and O–H groups in total. The maximum Gasteiger partial charge on any atom is 0.119 e. The Morgan fingerprint density at radius 1 is 0.952 bits per heavy atom. The van der Waals surface area contributed by atoms with Crippen LogP contribution in [0.3, 0.4) is 0 Å². The van der Waals surface area contributed by atoms with Gasteiger partial charge in [-0.05, 0) is 29.7 Å². The third kappa shape index (κ3) is 5.24. The molecule has 0 saturated heterocycles. The maximum atomic E-state index is 6.21. The fourth-order valence-corrected chi connectivity index (χ4v) is 2.33. The summed E-state index contributed by atoms with van der Waals surface area (Å²) in [7, 11) is 0. The van der Waals surface area contributed by atoms with Crippen LogP contribution in [0.5, 0.6) is 5.75 Å². The van der Waals surface area contributed by atoms with Crippen molar-refractivity contribution in [3.63, 3.8) is 0 Å². The summed E-state index contributed by atoms with van der Waals surface area (Å²) in [5.74, 6) is 0.892. The standard InChI is InChI=1S/C19H25NO/c1-2-3-5-10-19(20)17-11-13-18(14-12-17)21-15-16-8-6-4-7-9-16/h4,6-9,11-14,19H,2-3,5,10,15,20H2,1H3/t19-/m0/s1. The van der Waals surface area contributed by atoms with Gasteiger partial charge in [0.05, 0.1) is 0 Å². The van der Waals surface area contributed by atoms with Crippen LogP contribution in [0.4, 0.5) is 0 Å². The summed E-state index contributed by atoms with van der Waals surface area (Å²) in [6.45, 7) is 2.81. The molecule has 0 saturated carbocycles. The molecule has 0 aliphatic heterocycles. The molecule has 21 heavy (non-hydrogen) atoms. The van der Waals surface area contributed by atoms with Gasteiger partial charge in [-0.2, -0.15) is 0 Å². The largest absolute Gasteiger partial charge is 0.489 e. The van der Waals surface area contributed by atoms with Crippen molar-refractivity contribution in [2.45, 2.75) is 45.3 Å². The Hall–Kier alpha value is -1.80. The molecule has 0 unspecified atom stereocenters. The lowest BCUT2D eigenvalue weighted by molar-refractivity contribution is 0.306. The lowest BCUT2D eigenvalue weighted by Gasteiger charge is -2.13. The molecule has 1 atom stereocenters. The number of unbranched alkanes of at least 4 members (excludes halogenated alkanes) is 2. The first-order chi connectivity index (χ1) is 10.3. The second-order valence-corrected chi connectivity index (χ2v) is 5.45. The van der Waals surface area contributed by atoms with E-state index in [1.165, 1.54) is 30.4 Å². The van der Waals surface area contributed by atoms with Gasteiger partial charge >= 0.3 is 0 Å². The summed E-state index contributed by atoms with van der Waals surface area (Å²) in [5, 5.41) is 0. The van der Waals surface area contributed by atoms with E-state index in [9.17, 15) is 0 Å². The van der Waals surface area contributed by atoms with Crippen LogP contribution in [-0.2, 0) is 6.61 Å². The van der Waals surface area contributed by atoms with E-state index in [1.54, 1.807) is 0 Å². The summed E-state index contributed by atoms with van der Waals surface area (Å²) >= 11 is 0. The van der Waals surface area contributed by atoms with Crippen LogP contribution in [0.25, 0.3) is 0 Å². The Morgan fingerprint density at radius 2 is 1.67 bits per heavy atom. The minimum absolute atomic E-state index is 0.139. The number of ether oxygens (including phenoxy) is 1. The zero-order valence-electron chi connectivity index (χ0n) is 12.8. The van der Waals surface area contributed by atoms with E-state index in [2.05, 4.69) is 31.2 Å². The highest BCUT2D eigenvalue weighted by Crippen LogP contribution is 2.21. The number of nitrogens with two attached hydrogens (primary N) is 1. The third-order valence-corrected chi connectivity index (χ3v) is 3.68. The lowest BCUT2D eigenvalue weighted by Crippen LogP contribution is -2.09. The molecule has 0 aromatic heterocycles. The van der Waals surface area contributed by atoms with E-state index in [0.717, 1.165) is 12.2 Å². The molecule has 0 heterocycles. The number of benzene rings is 2. The molecular formula is C19H25NO. The van der Waals surface area contributed by atoms with E-state index in [4.69, 9.17) is 10.5 Å². The first-order valence-corrected chi connectivity index (χ1v) is 7.82. The molecule has 0 spiro atoms. The van der Waals surface area contributed by atoms with Gasteiger partial charge in [0.2, 0.25) is 0 Å². The quantitative estimate of drug-likeness (QED) is 0.703. The zero-order valence-corrected chi connectivity index (χ0v) is 12.8. The molecule has 0 aliphatic rings. The summed E-state index contributed by atoms with van der Waals surface area (Å²) in [4.78, 5) is 0. The smallest absolute Gasteiger partial charge is 0.119 e. The molecule has 0 bridgehead atoms. The van der Waals surface area contributed by atoms with Gasteiger partial charge in [0.1, 0.15) is 12.4 Å². The number of hydrogen-bond donors (Lipinski definition) is 1. The van der Waals surface area contributed by atoms with E-state index >= 15 is 0 Å². The first-order valence-electron chi connectivity index (χ1n) is 7.82. The normalized spacial score (nSPS) is 12.1. The summed E-state index contributed by atoms with van der Waals surface area (Å²) in [6, 6.07) is 18.5. The lowest BCUT2D eigenvalue weighted by atomic mass is 10.0. The van der Waals surface area contributed by atoms with Crippen molar-refractivity contribution < 1.29 is 4.74 Å². The second kappa shape index (κ2) is 8.48. The summed E-state index contributed by atoms with van der Waals surface area (Å²) in [5.41, 5.74) is 8.58. The fourth-order valence-electron chi connectivity index (χ4n) is 2.33. The Labute approximate surface area is 127 Å². The van der Waals surface area contributed by atoms with Crippen molar-refractivity contribution in [1.82, 2.24) is 0 Å². The highest BCUT2D eigenvalue weighted by Gasteiger charge is 2.05. The maximum absolute atomic E-state index is 6.21. The minimum Gasteiger partial charge on any atom is -0.489 e. The number of hydrogen-bond acceptors (Lipinski definition) is 2. The van der Waals surface area contributed by atoms with Gasteiger partial charge in [0, 0.05) is 6.04 Å². The zero-order chi connectivity index (χ0) is 14.9. The van der Waals surface area contributed by atoms with Crippen LogP contribution >= 0.6 is 0 Å². The fraction of sp³-hybridized carbons (Fsp3) is 0.368. The first kappa shape index (κ1) is 15.6. The summed E-state index contributed by atoms with van der Waals surface area (Å²) < 4.78 is 5.78. The van der Waals surface area contributed by atoms with Gasteiger partial charge in [-0.15, -0.1) is 0 Å². The van der Waals surface area contributed by atoms with Crippen LogP contribution in [0, 0.1) is 0 Å². The molecule has 0 aliphatic carbocycles. The van der Waals surface area contributed by atoms with Crippen LogP contribution in [-0.4, -0.2) is 0 Å². The molecule has 2 rings (SSSR count). The third-order valence-electron chi connectivity index (χ3n) is 3.68. The van der Waals surface area contributed by atoms with Crippen LogP contribution in [0.2, 0.25) is 0 Å².